The number of nitrogens with zero attached hydrogens (tertiary/aromatic N) is 2. The van der Waals surface area contributed by atoms with E-state index < -0.39 is 35.7 Å². The highest BCUT2D eigenvalue weighted by Gasteiger charge is 2.42. The molecule has 0 aliphatic carbocycles. The zero-order valence-corrected chi connectivity index (χ0v) is 24.1. The lowest BCUT2D eigenvalue weighted by Crippen LogP contribution is -2.44. The summed E-state index contributed by atoms with van der Waals surface area (Å²) in [7, 11) is 0. The van der Waals surface area contributed by atoms with E-state index in [-0.39, 0.29) is 0 Å². The van der Waals surface area contributed by atoms with Crippen molar-refractivity contribution in [1.29, 1.82) is 0 Å². The average Bonchev–Trinajstić information content (AvgIpc) is 3.05. The van der Waals surface area contributed by atoms with Crippen LogP contribution in [-0.4, -0.2) is 33.4 Å². The van der Waals surface area contributed by atoms with Gasteiger partial charge >= 0.3 is 0 Å². The van der Waals surface area contributed by atoms with Gasteiger partial charge in [0.2, 0.25) is 0 Å². The van der Waals surface area contributed by atoms with Crippen molar-refractivity contribution in [1.82, 2.24) is 9.80 Å². The summed E-state index contributed by atoms with van der Waals surface area (Å²) >= 11 is 0. The molecule has 0 bridgehead atoms. The monoisotopic (exact) mass is 574 g/mol. The maximum Gasteiger partial charge on any atom is 0.261 e. The number of hydrogen-bond donors (Lipinski definition) is 0. The molecule has 2 atom stereocenters. The topological polar surface area (TPSA) is 74.8 Å². The van der Waals surface area contributed by atoms with Crippen molar-refractivity contribution >= 4 is 55.9 Å². The molecule has 6 nitrogen and oxygen atoms in total. The molecule has 0 radical (unpaired) electrons. The number of amides is 4. The molecular formula is C38H26N2O4. The highest BCUT2D eigenvalue weighted by molar-refractivity contribution is 6.33. The van der Waals surface area contributed by atoms with Crippen LogP contribution < -0.4 is 0 Å². The minimum atomic E-state index is -0.531. The molecule has 0 saturated carbocycles. The molecule has 212 valence electrons. The summed E-state index contributed by atoms with van der Waals surface area (Å²) in [6.45, 7) is 3.68. The van der Waals surface area contributed by atoms with E-state index in [1.807, 2.05) is 98.8 Å². The second-order valence-corrected chi connectivity index (χ2v) is 11.6. The third-order valence-electron chi connectivity index (χ3n) is 9.24. The molecule has 8 rings (SSSR count). The van der Waals surface area contributed by atoms with Gasteiger partial charge in [-0.05, 0) is 82.9 Å². The van der Waals surface area contributed by atoms with Gasteiger partial charge in [0.25, 0.3) is 23.6 Å². The number of carbonyl (C=O) groups excluding carboxylic acids is 4. The quantitative estimate of drug-likeness (QED) is 0.201. The summed E-state index contributed by atoms with van der Waals surface area (Å²) in [5, 5.41) is 4.93. The van der Waals surface area contributed by atoms with Crippen molar-refractivity contribution in [2.75, 3.05) is 0 Å². The summed E-state index contributed by atoms with van der Waals surface area (Å²) in [6, 6.07) is 33.1. The van der Waals surface area contributed by atoms with Gasteiger partial charge in [-0.25, -0.2) is 0 Å². The molecule has 2 aliphatic rings. The summed E-state index contributed by atoms with van der Waals surface area (Å²) < 4.78 is 0. The van der Waals surface area contributed by atoms with E-state index in [1.54, 1.807) is 24.3 Å². The fourth-order valence-electron chi connectivity index (χ4n) is 6.85. The predicted octanol–water partition coefficient (Wildman–Crippen LogP) is 7.86. The van der Waals surface area contributed by atoms with Crippen molar-refractivity contribution in [3.63, 3.8) is 0 Å². The molecule has 2 aliphatic heterocycles. The molecule has 0 fully saturated rings. The van der Waals surface area contributed by atoms with Gasteiger partial charge in [0, 0.05) is 33.0 Å². The Morgan fingerprint density at radius 1 is 0.409 bits per heavy atom. The molecule has 0 saturated heterocycles. The van der Waals surface area contributed by atoms with Crippen LogP contribution >= 0.6 is 0 Å². The third kappa shape index (κ3) is 3.61. The minimum Gasteiger partial charge on any atom is -0.269 e. The first kappa shape index (κ1) is 26.0. The second kappa shape index (κ2) is 9.44. The minimum absolute atomic E-state index is 0.310. The third-order valence-corrected chi connectivity index (χ3v) is 9.24. The van der Waals surface area contributed by atoms with Crippen LogP contribution in [0.5, 0.6) is 0 Å². The van der Waals surface area contributed by atoms with E-state index in [9.17, 15) is 19.2 Å². The van der Waals surface area contributed by atoms with Gasteiger partial charge in [0.1, 0.15) is 0 Å². The lowest BCUT2D eigenvalue weighted by Gasteiger charge is -2.36. The van der Waals surface area contributed by atoms with E-state index in [1.165, 1.54) is 9.80 Å². The molecule has 6 aromatic carbocycles. The molecule has 0 spiro atoms. The van der Waals surface area contributed by atoms with Crippen LogP contribution in [0.4, 0.5) is 0 Å². The zero-order valence-electron chi connectivity index (χ0n) is 24.1. The summed E-state index contributed by atoms with van der Waals surface area (Å²) in [4.78, 5) is 58.5. The Morgan fingerprint density at radius 2 is 0.727 bits per heavy atom. The first-order valence-electron chi connectivity index (χ1n) is 14.7. The summed E-state index contributed by atoms with van der Waals surface area (Å²) in [6.07, 6.45) is 0. The molecular weight excluding hydrogens is 548 g/mol. The fraction of sp³-hybridized carbons (Fsp3) is 0.105. The number of carbonyl (C=O) groups is 4. The highest BCUT2D eigenvalue weighted by atomic mass is 16.2. The number of imide groups is 2. The molecule has 4 amide bonds. The van der Waals surface area contributed by atoms with E-state index in [4.69, 9.17) is 0 Å². The first-order valence-corrected chi connectivity index (χ1v) is 14.7. The van der Waals surface area contributed by atoms with Crippen LogP contribution in [0.15, 0.2) is 109 Å². The average molecular weight is 575 g/mol. The number of hydrogen-bond acceptors (Lipinski definition) is 4. The molecule has 2 heterocycles. The lowest BCUT2D eigenvalue weighted by molar-refractivity contribution is 0.0527. The van der Waals surface area contributed by atoms with Gasteiger partial charge in [0.15, 0.2) is 0 Å². The highest BCUT2D eigenvalue weighted by Crippen LogP contribution is 2.41. The SMILES string of the molecule is C[C@@H](c1ccc2ccccc2c1)N1C(=O)c2ccc3c4c(ccc(c24)C1=O)C(=O)N([C@@H](C)c1ccc2ccccc2c1)C3=O. The van der Waals surface area contributed by atoms with Crippen LogP contribution in [0.25, 0.3) is 32.3 Å². The largest absolute Gasteiger partial charge is 0.269 e. The molecule has 0 aromatic heterocycles. The number of fused-ring (bicyclic) bond motifs is 2. The molecule has 6 aromatic rings. The van der Waals surface area contributed by atoms with Gasteiger partial charge in [-0.3, -0.25) is 29.0 Å². The standard InChI is InChI=1S/C38H26N2O4/c1-21(25-13-11-23-7-3-5-9-27(23)19-25)39-35(41)29-15-17-31-34-32(18-16-30(33(29)34)36(39)42)38(44)40(37(31)43)22(2)26-14-12-24-8-4-6-10-28(24)20-26/h3-22H,1-2H3/t21-,22-/m0/s1. The Hall–Kier alpha value is -5.62. The zero-order chi connectivity index (χ0) is 30.3. The molecule has 0 N–H and O–H groups in total. The van der Waals surface area contributed by atoms with Crippen molar-refractivity contribution in [3.8, 4) is 0 Å². The number of rotatable bonds is 4. The van der Waals surface area contributed by atoms with Crippen LogP contribution in [0.1, 0.15) is 78.5 Å². The summed E-state index contributed by atoms with van der Waals surface area (Å²) in [5.41, 5.74) is 2.91. The number of benzene rings is 6. The normalized spacial score (nSPS) is 15.9. The maximum absolute atomic E-state index is 14.0. The van der Waals surface area contributed by atoms with E-state index >= 15 is 0 Å². The van der Waals surface area contributed by atoms with Gasteiger partial charge in [0.05, 0.1) is 12.1 Å². The Labute approximate surface area is 253 Å². The van der Waals surface area contributed by atoms with Gasteiger partial charge in [-0.1, -0.05) is 72.8 Å². The second-order valence-electron chi connectivity index (χ2n) is 11.6. The van der Waals surface area contributed by atoms with E-state index in [0.717, 1.165) is 32.7 Å². The smallest absolute Gasteiger partial charge is 0.261 e. The Kier molecular flexibility index (Phi) is 5.59. The van der Waals surface area contributed by atoms with Crippen molar-refractivity contribution in [3.05, 3.63) is 143 Å². The van der Waals surface area contributed by atoms with Crippen LogP contribution in [-0.2, 0) is 0 Å². The lowest BCUT2D eigenvalue weighted by atomic mass is 9.84. The molecule has 0 unspecified atom stereocenters. The van der Waals surface area contributed by atoms with Gasteiger partial charge in [-0.15, -0.1) is 0 Å². The van der Waals surface area contributed by atoms with Crippen LogP contribution in [0.2, 0.25) is 0 Å². The van der Waals surface area contributed by atoms with Crippen LogP contribution in [0, 0.1) is 0 Å². The van der Waals surface area contributed by atoms with Crippen molar-refractivity contribution in [2.24, 2.45) is 0 Å². The molecule has 6 heteroatoms. The van der Waals surface area contributed by atoms with E-state index in [0.29, 0.717) is 33.0 Å². The fourth-order valence-corrected chi connectivity index (χ4v) is 6.85. The maximum atomic E-state index is 14.0. The Bertz CT molecular complexity index is 2040. The summed E-state index contributed by atoms with van der Waals surface area (Å²) in [5.74, 6) is -1.78. The van der Waals surface area contributed by atoms with Crippen LogP contribution in [0.3, 0.4) is 0 Å². The Morgan fingerprint density at radius 3 is 1.07 bits per heavy atom. The van der Waals surface area contributed by atoms with Gasteiger partial charge < -0.3 is 0 Å². The van der Waals surface area contributed by atoms with Crippen molar-refractivity contribution in [2.45, 2.75) is 25.9 Å². The predicted molar refractivity (Wildman–Crippen MR) is 170 cm³/mol. The van der Waals surface area contributed by atoms with Gasteiger partial charge in [-0.2, -0.15) is 0 Å². The van der Waals surface area contributed by atoms with Crippen molar-refractivity contribution < 1.29 is 19.2 Å². The Balaban J connectivity index is 1.20. The molecule has 44 heavy (non-hydrogen) atoms. The first-order chi connectivity index (χ1) is 21.3. The van der Waals surface area contributed by atoms with E-state index in [2.05, 4.69) is 0 Å².